The molecule has 0 aliphatic rings. The van der Waals surface area contributed by atoms with Gasteiger partial charge >= 0.3 is 0 Å². The standard InChI is InChI=1S/C24H48OSi/c1-7-8-9-10-11-12-13-14-15-16-17-18-19-20-21-22-23-25-26(5,6)24(2,3)4/h7-13,16-23H2,1-6H3/i1D3,7D2,8D2. The molecular weight excluding hydrogens is 332 g/mol. The molecule has 26 heavy (non-hydrogen) atoms. The van der Waals surface area contributed by atoms with Crippen molar-refractivity contribution in [1.29, 1.82) is 0 Å². The Labute approximate surface area is 177 Å². The first-order chi connectivity index (χ1) is 15.0. The van der Waals surface area contributed by atoms with Crippen LogP contribution in [-0.4, -0.2) is 14.9 Å². The highest BCUT2D eigenvalue weighted by molar-refractivity contribution is 6.74. The maximum absolute atomic E-state index is 7.80. The largest absolute Gasteiger partial charge is 0.417 e. The average molecular weight is 388 g/mol. The third kappa shape index (κ3) is 14.9. The smallest absolute Gasteiger partial charge is 0.191 e. The molecule has 2 heteroatoms. The van der Waals surface area contributed by atoms with Gasteiger partial charge in [-0.25, -0.2) is 0 Å². The zero-order valence-electron chi connectivity index (χ0n) is 25.1. The lowest BCUT2D eigenvalue weighted by atomic mass is 10.1. The number of rotatable bonds is 15. The van der Waals surface area contributed by atoms with Crippen LogP contribution in [0, 0.1) is 11.8 Å². The molecule has 1 nitrogen and oxygen atoms in total. The summed E-state index contributed by atoms with van der Waals surface area (Å²) in [7, 11) is -1.60. The molecule has 0 bridgehead atoms. The molecule has 0 aromatic carbocycles. The highest BCUT2D eigenvalue weighted by atomic mass is 28.4. The first-order valence-corrected chi connectivity index (χ1v) is 13.5. The Hall–Kier alpha value is -0.263. The third-order valence-corrected chi connectivity index (χ3v) is 9.82. The van der Waals surface area contributed by atoms with E-state index in [0.717, 1.165) is 45.1 Å². The molecule has 0 spiro atoms. The minimum absolute atomic E-state index is 0.0891. The third-order valence-electron chi connectivity index (χ3n) is 5.28. The van der Waals surface area contributed by atoms with Crippen molar-refractivity contribution < 1.29 is 14.0 Å². The topological polar surface area (TPSA) is 9.23 Å². The van der Waals surface area contributed by atoms with Crippen LogP contribution in [0.25, 0.3) is 0 Å². The lowest BCUT2D eigenvalue weighted by Crippen LogP contribution is -2.40. The van der Waals surface area contributed by atoms with Crippen molar-refractivity contribution in [3.8, 4) is 11.8 Å². The fourth-order valence-electron chi connectivity index (χ4n) is 2.41. The van der Waals surface area contributed by atoms with Crippen molar-refractivity contribution >= 4 is 8.32 Å². The van der Waals surface area contributed by atoms with E-state index in [0.29, 0.717) is 6.42 Å². The highest BCUT2D eigenvalue weighted by Crippen LogP contribution is 2.36. The van der Waals surface area contributed by atoms with Gasteiger partial charge in [-0.05, 0) is 37.4 Å². The molecule has 0 rings (SSSR count). The van der Waals surface area contributed by atoms with E-state index in [4.69, 9.17) is 14.0 Å². The van der Waals surface area contributed by atoms with Crippen molar-refractivity contribution in [3.05, 3.63) is 0 Å². The predicted molar refractivity (Wildman–Crippen MR) is 121 cm³/mol. The summed E-state index contributed by atoms with van der Waals surface area (Å²) in [6.07, 6.45) is 5.60. The predicted octanol–water partition coefficient (Wildman–Crippen LogP) is 8.49. The minimum atomic E-state index is -2.96. The molecule has 0 radical (unpaired) electrons. The lowest BCUT2D eigenvalue weighted by Gasteiger charge is -2.36. The van der Waals surface area contributed by atoms with Gasteiger partial charge in [0.2, 0.25) is 0 Å². The van der Waals surface area contributed by atoms with Crippen LogP contribution in [0.1, 0.15) is 127 Å². The monoisotopic (exact) mass is 387 g/mol. The summed E-state index contributed by atoms with van der Waals surface area (Å²) < 4.78 is 58.7. The number of hydrogen-bond acceptors (Lipinski definition) is 1. The Morgan fingerprint density at radius 1 is 0.808 bits per heavy atom. The molecule has 0 aromatic rings. The Bertz CT molecular complexity index is 599. The highest BCUT2D eigenvalue weighted by Gasteiger charge is 2.36. The maximum Gasteiger partial charge on any atom is 0.191 e. The summed E-state index contributed by atoms with van der Waals surface area (Å²) in [5.74, 6) is 6.37. The molecular formula is C24H48OSi. The molecule has 0 unspecified atom stereocenters. The second kappa shape index (κ2) is 15.8. The van der Waals surface area contributed by atoms with Crippen LogP contribution in [0.5, 0.6) is 0 Å². The molecule has 0 atom stereocenters. The van der Waals surface area contributed by atoms with Crippen LogP contribution in [0.3, 0.4) is 0 Å². The zero-order chi connectivity index (χ0) is 25.8. The minimum Gasteiger partial charge on any atom is -0.417 e. The van der Waals surface area contributed by atoms with Crippen LogP contribution in [0.4, 0.5) is 0 Å². The Morgan fingerprint density at radius 2 is 1.31 bits per heavy atom. The lowest BCUT2D eigenvalue weighted by molar-refractivity contribution is 0.277. The van der Waals surface area contributed by atoms with Crippen molar-refractivity contribution in [2.75, 3.05) is 6.61 Å². The molecule has 0 amide bonds. The SMILES string of the molecule is [2H]C([2H])([2H])C([2H])([2H])C([2H])([2H])CCCCCC#CCCCCCCCCO[Si](C)(C)C(C)(C)C. The van der Waals surface area contributed by atoms with Gasteiger partial charge in [0, 0.05) is 29.0 Å². The summed E-state index contributed by atoms with van der Waals surface area (Å²) in [6.45, 7) is 9.36. The van der Waals surface area contributed by atoms with E-state index in [1.165, 1.54) is 25.7 Å². The number of unbranched alkanes of at least 4 members (excludes halogenated alkanes) is 9. The summed E-state index contributed by atoms with van der Waals surface area (Å²) in [4.78, 5) is 0. The quantitative estimate of drug-likeness (QED) is 0.155. The Morgan fingerprint density at radius 3 is 1.85 bits per heavy atom. The van der Waals surface area contributed by atoms with E-state index in [-0.39, 0.29) is 11.5 Å². The second-order valence-electron chi connectivity index (χ2n) is 8.70. The van der Waals surface area contributed by atoms with Gasteiger partial charge in [0.25, 0.3) is 0 Å². The van der Waals surface area contributed by atoms with Crippen LogP contribution >= 0.6 is 0 Å². The van der Waals surface area contributed by atoms with Crippen molar-refractivity contribution in [2.24, 2.45) is 0 Å². The molecule has 0 heterocycles. The van der Waals surface area contributed by atoms with Gasteiger partial charge in [-0.1, -0.05) is 85.3 Å². The Kier molecular flexibility index (Phi) is 9.48. The van der Waals surface area contributed by atoms with E-state index >= 15 is 0 Å². The van der Waals surface area contributed by atoms with Crippen LogP contribution < -0.4 is 0 Å². The second-order valence-corrected chi connectivity index (χ2v) is 13.5. The number of hydrogen-bond donors (Lipinski definition) is 0. The van der Waals surface area contributed by atoms with Gasteiger partial charge in [0.1, 0.15) is 0 Å². The summed E-state index contributed by atoms with van der Waals surface area (Å²) in [6, 6.07) is 0. The van der Waals surface area contributed by atoms with Crippen LogP contribution in [0.2, 0.25) is 18.1 Å². The molecule has 0 N–H and O–H groups in total. The summed E-state index contributed by atoms with van der Waals surface area (Å²) in [5, 5.41) is 0.280. The van der Waals surface area contributed by atoms with E-state index in [1.54, 1.807) is 0 Å². The maximum atomic E-state index is 7.80. The van der Waals surface area contributed by atoms with E-state index < -0.39 is 27.9 Å². The van der Waals surface area contributed by atoms with Crippen LogP contribution in [-0.2, 0) is 4.43 Å². The first kappa shape index (κ1) is 15.6. The summed E-state index contributed by atoms with van der Waals surface area (Å²) in [5.41, 5.74) is 0. The van der Waals surface area contributed by atoms with Crippen molar-refractivity contribution in [3.63, 3.8) is 0 Å². The van der Waals surface area contributed by atoms with Gasteiger partial charge in [0.05, 0.1) is 0 Å². The van der Waals surface area contributed by atoms with E-state index in [9.17, 15) is 0 Å². The molecule has 0 aliphatic carbocycles. The van der Waals surface area contributed by atoms with Gasteiger partial charge in [-0.3, -0.25) is 0 Å². The molecule has 0 fully saturated rings. The molecule has 154 valence electrons. The van der Waals surface area contributed by atoms with Crippen LogP contribution in [0.15, 0.2) is 0 Å². The zero-order valence-corrected chi connectivity index (χ0v) is 19.1. The normalized spacial score (nSPS) is 17.7. The molecule has 0 saturated heterocycles. The van der Waals surface area contributed by atoms with Crippen molar-refractivity contribution in [1.82, 2.24) is 0 Å². The van der Waals surface area contributed by atoms with E-state index in [1.807, 2.05) is 0 Å². The fraction of sp³-hybridized carbons (Fsp3) is 0.917. The molecule has 0 aliphatic heterocycles. The van der Waals surface area contributed by atoms with Crippen molar-refractivity contribution in [2.45, 2.75) is 136 Å². The summed E-state index contributed by atoms with van der Waals surface area (Å²) >= 11 is 0. The van der Waals surface area contributed by atoms with Gasteiger partial charge in [0.15, 0.2) is 8.32 Å². The molecule has 0 saturated carbocycles. The van der Waals surface area contributed by atoms with E-state index in [2.05, 4.69) is 45.7 Å². The Balaban J connectivity index is 3.71. The average Bonchev–Trinajstić information content (AvgIpc) is 2.65. The fourth-order valence-corrected chi connectivity index (χ4v) is 3.50. The molecule has 0 aromatic heterocycles. The first-order valence-electron chi connectivity index (χ1n) is 14.1. The van der Waals surface area contributed by atoms with Gasteiger partial charge in [-0.2, -0.15) is 0 Å². The van der Waals surface area contributed by atoms with Gasteiger partial charge in [-0.15, -0.1) is 11.8 Å². The van der Waals surface area contributed by atoms with Gasteiger partial charge < -0.3 is 4.43 Å².